The Balaban J connectivity index is 2.70. The summed E-state index contributed by atoms with van der Waals surface area (Å²) in [5, 5.41) is 4.42. The van der Waals surface area contributed by atoms with Gasteiger partial charge < -0.3 is 15.4 Å². The highest BCUT2D eigenvalue weighted by Crippen LogP contribution is 2.12. The van der Waals surface area contributed by atoms with Crippen molar-refractivity contribution in [2.45, 2.75) is 52.7 Å². The van der Waals surface area contributed by atoms with Crippen molar-refractivity contribution in [1.82, 2.24) is 16.2 Å². The van der Waals surface area contributed by atoms with Gasteiger partial charge in [-0.05, 0) is 45.2 Å². The van der Waals surface area contributed by atoms with Gasteiger partial charge in [-0.15, -0.1) is 0 Å². The molecule has 1 aromatic carbocycles. The van der Waals surface area contributed by atoms with Gasteiger partial charge in [0, 0.05) is 0 Å². The maximum Gasteiger partial charge on any atom is 0.426 e. The van der Waals surface area contributed by atoms with Crippen LogP contribution in [0.25, 0.3) is 0 Å². The Morgan fingerprint density at radius 2 is 1.66 bits per heavy atom. The molecule has 10 heteroatoms. The second-order valence-corrected chi connectivity index (χ2v) is 7.71. The minimum atomic E-state index is -1.13. The summed E-state index contributed by atoms with van der Waals surface area (Å²) < 4.78 is 18.6. The van der Waals surface area contributed by atoms with Crippen molar-refractivity contribution in [1.29, 1.82) is 0 Å². The number of amides is 4. The van der Waals surface area contributed by atoms with E-state index in [1.165, 1.54) is 18.2 Å². The molecular formula is C19H27FN4O5. The largest absolute Gasteiger partial charge is 0.443 e. The van der Waals surface area contributed by atoms with Crippen molar-refractivity contribution in [3.63, 3.8) is 0 Å². The molecule has 0 fully saturated rings. The molecule has 0 aliphatic rings. The van der Waals surface area contributed by atoms with Crippen molar-refractivity contribution in [2.24, 2.45) is 5.92 Å². The summed E-state index contributed by atoms with van der Waals surface area (Å²) in [6.07, 6.45) is -0.682. The molecule has 9 nitrogen and oxygen atoms in total. The Bertz CT molecular complexity index is 761. The molecule has 0 saturated carbocycles. The van der Waals surface area contributed by atoms with Crippen LogP contribution in [-0.4, -0.2) is 35.5 Å². The first-order valence-electron chi connectivity index (χ1n) is 9.04. The summed E-state index contributed by atoms with van der Waals surface area (Å²) in [6, 6.07) is 4.25. The molecule has 160 valence electrons. The van der Waals surface area contributed by atoms with Crippen molar-refractivity contribution in [3.05, 3.63) is 30.1 Å². The number of ether oxygens (including phenoxy) is 1. The van der Waals surface area contributed by atoms with Crippen molar-refractivity contribution < 1.29 is 28.3 Å². The molecule has 0 spiro atoms. The van der Waals surface area contributed by atoms with Crippen molar-refractivity contribution >= 4 is 29.5 Å². The second kappa shape index (κ2) is 10.4. The van der Waals surface area contributed by atoms with Crippen LogP contribution in [0.3, 0.4) is 0 Å². The van der Waals surface area contributed by atoms with Gasteiger partial charge in [-0.1, -0.05) is 26.0 Å². The predicted molar refractivity (Wildman–Crippen MR) is 104 cm³/mol. The summed E-state index contributed by atoms with van der Waals surface area (Å²) in [5.74, 6) is -3.70. The Morgan fingerprint density at radius 1 is 1.03 bits per heavy atom. The third-order valence-electron chi connectivity index (χ3n) is 3.34. The Labute approximate surface area is 168 Å². The molecule has 0 bridgehead atoms. The van der Waals surface area contributed by atoms with E-state index in [9.17, 15) is 23.6 Å². The lowest BCUT2D eigenvalue weighted by Crippen LogP contribution is -2.54. The summed E-state index contributed by atoms with van der Waals surface area (Å²) in [6.45, 7) is 8.60. The molecule has 0 unspecified atom stereocenters. The van der Waals surface area contributed by atoms with Gasteiger partial charge in [-0.3, -0.25) is 19.8 Å². The summed E-state index contributed by atoms with van der Waals surface area (Å²) in [5.41, 5.74) is 3.30. The smallest absolute Gasteiger partial charge is 0.426 e. The molecular weight excluding hydrogens is 383 g/mol. The average Bonchev–Trinajstić information content (AvgIpc) is 2.59. The lowest BCUT2D eigenvalue weighted by atomic mass is 10.0. The topological polar surface area (TPSA) is 126 Å². The Kier molecular flexibility index (Phi) is 8.56. The van der Waals surface area contributed by atoms with Gasteiger partial charge in [0.2, 0.25) is 0 Å². The fourth-order valence-electron chi connectivity index (χ4n) is 2.17. The number of para-hydroxylation sites is 1. The quantitative estimate of drug-likeness (QED) is 0.435. The number of hydrazine groups is 1. The van der Waals surface area contributed by atoms with Crippen LogP contribution in [0.1, 0.15) is 41.0 Å². The minimum absolute atomic E-state index is 0.0118. The van der Waals surface area contributed by atoms with E-state index in [-0.39, 0.29) is 18.0 Å². The number of nitrogens with one attached hydrogen (secondary N) is 4. The number of benzene rings is 1. The molecule has 0 saturated heterocycles. The van der Waals surface area contributed by atoms with Crippen LogP contribution >= 0.6 is 0 Å². The number of hydrogen-bond donors (Lipinski definition) is 4. The predicted octanol–water partition coefficient (Wildman–Crippen LogP) is 1.85. The van der Waals surface area contributed by atoms with Crippen LogP contribution < -0.4 is 21.5 Å². The van der Waals surface area contributed by atoms with Gasteiger partial charge in [0.1, 0.15) is 17.5 Å². The first-order chi connectivity index (χ1) is 13.4. The molecule has 4 N–H and O–H groups in total. The van der Waals surface area contributed by atoms with E-state index in [1.807, 2.05) is 13.8 Å². The van der Waals surface area contributed by atoms with Gasteiger partial charge in [-0.2, -0.15) is 0 Å². The first-order valence-corrected chi connectivity index (χ1v) is 9.04. The number of carbonyl (C=O) groups is 4. The lowest BCUT2D eigenvalue weighted by molar-refractivity contribution is -0.138. The van der Waals surface area contributed by atoms with Gasteiger partial charge in [-0.25, -0.2) is 14.6 Å². The number of hydrogen-bond acceptors (Lipinski definition) is 5. The third kappa shape index (κ3) is 9.04. The molecule has 1 atom stereocenters. The van der Waals surface area contributed by atoms with Crippen LogP contribution in [0, 0.1) is 11.7 Å². The first kappa shape index (κ1) is 23.9. The number of halogens is 1. The van der Waals surface area contributed by atoms with Gasteiger partial charge in [0.05, 0.1) is 5.69 Å². The standard InChI is InChI=1S/C19H27FN4O5/c1-11(2)10-14(15(25)23-24-18(28)29-19(3,4)5)22-17(27)16(26)21-13-9-7-6-8-12(13)20/h6-9,11,14H,10H2,1-5H3,(H,21,26)(H,22,27)(H,23,25)(H,24,28)/t14-/m0/s1. The van der Waals surface area contributed by atoms with E-state index in [0.29, 0.717) is 0 Å². The van der Waals surface area contributed by atoms with Gasteiger partial charge >= 0.3 is 17.9 Å². The number of carbonyl (C=O) groups excluding carboxylic acids is 4. The average molecular weight is 410 g/mol. The van der Waals surface area contributed by atoms with Crippen LogP contribution in [0.4, 0.5) is 14.9 Å². The fourth-order valence-corrected chi connectivity index (χ4v) is 2.17. The van der Waals surface area contributed by atoms with Crippen LogP contribution in [-0.2, 0) is 19.1 Å². The number of anilines is 1. The molecule has 1 rings (SSSR count). The molecule has 0 aromatic heterocycles. The van der Waals surface area contributed by atoms with Crippen LogP contribution in [0.15, 0.2) is 24.3 Å². The third-order valence-corrected chi connectivity index (χ3v) is 3.34. The maximum absolute atomic E-state index is 13.6. The highest BCUT2D eigenvalue weighted by atomic mass is 19.1. The van der Waals surface area contributed by atoms with Crippen molar-refractivity contribution in [2.75, 3.05) is 5.32 Å². The summed E-state index contributed by atoms with van der Waals surface area (Å²) >= 11 is 0. The van der Waals surface area contributed by atoms with E-state index in [1.54, 1.807) is 20.8 Å². The Morgan fingerprint density at radius 3 is 2.21 bits per heavy atom. The maximum atomic E-state index is 13.6. The molecule has 1 aromatic rings. The van der Waals surface area contributed by atoms with Crippen LogP contribution in [0.2, 0.25) is 0 Å². The lowest BCUT2D eigenvalue weighted by Gasteiger charge is -2.22. The van der Waals surface area contributed by atoms with E-state index in [4.69, 9.17) is 4.74 Å². The van der Waals surface area contributed by atoms with E-state index in [2.05, 4.69) is 21.5 Å². The molecule has 0 heterocycles. The highest BCUT2D eigenvalue weighted by Gasteiger charge is 2.26. The highest BCUT2D eigenvalue weighted by molar-refractivity contribution is 6.40. The second-order valence-electron chi connectivity index (χ2n) is 7.71. The normalized spacial score (nSPS) is 12.0. The number of rotatable bonds is 5. The summed E-state index contributed by atoms with van der Waals surface area (Å²) in [7, 11) is 0. The monoisotopic (exact) mass is 410 g/mol. The Hall–Kier alpha value is -3.17. The minimum Gasteiger partial charge on any atom is -0.443 e. The van der Waals surface area contributed by atoms with E-state index in [0.717, 1.165) is 6.07 Å². The van der Waals surface area contributed by atoms with Crippen LogP contribution in [0.5, 0.6) is 0 Å². The molecule has 4 amide bonds. The van der Waals surface area contributed by atoms with Gasteiger partial charge in [0.25, 0.3) is 5.91 Å². The SMILES string of the molecule is CC(C)C[C@H](NC(=O)C(=O)Nc1ccccc1F)C(=O)NNC(=O)OC(C)(C)C. The zero-order chi connectivity index (χ0) is 22.2. The molecule has 0 aliphatic heterocycles. The van der Waals surface area contributed by atoms with Crippen molar-refractivity contribution in [3.8, 4) is 0 Å². The molecule has 29 heavy (non-hydrogen) atoms. The van der Waals surface area contributed by atoms with E-state index >= 15 is 0 Å². The zero-order valence-electron chi connectivity index (χ0n) is 17.1. The fraction of sp³-hybridized carbons (Fsp3) is 0.474. The molecule has 0 aliphatic carbocycles. The summed E-state index contributed by atoms with van der Waals surface area (Å²) in [4.78, 5) is 48.1. The van der Waals surface area contributed by atoms with Gasteiger partial charge in [0.15, 0.2) is 0 Å². The van der Waals surface area contributed by atoms with E-state index < -0.39 is 41.3 Å². The zero-order valence-corrected chi connectivity index (χ0v) is 17.1. The molecule has 0 radical (unpaired) electrons.